The Kier molecular flexibility index (Phi) is 22.9. The topological polar surface area (TPSA) is 210 Å². The Labute approximate surface area is 500 Å². The zero-order valence-corrected chi connectivity index (χ0v) is 49.6. The number of Topliss-reactive ketones (excluding diaryl/α,β-unsaturated/α-hetero) is 2. The highest BCUT2D eigenvalue weighted by atomic mass is 32.2. The molecule has 9 rings (SSSR count). The summed E-state index contributed by atoms with van der Waals surface area (Å²) in [6.07, 6.45) is 19.4. The molecule has 0 spiro atoms. The summed E-state index contributed by atoms with van der Waals surface area (Å²) in [7, 11) is 0. The van der Waals surface area contributed by atoms with Crippen LogP contribution in [0.3, 0.4) is 0 Å². The first-order valence-electron chi connectivity index (χ1n) is 30.4. The average molecular weight is 1190 g/mol. The Morgan fingerprint density at radius 3 is 1.13 bits per heavy atom. The number of ether oxygens (including phenoxy) is 8. The molecule has 0 radical (unpaired) electrons. The van der Waals surface area contributed by atoms with E-state index in [-0.39, 0.29) is 65.3 Å². The van der Waals surface area contributed by atoms with Crippen LogP contribution >= 0.6 is 23.5 Å². The van der Waals surface area contributed by atoms with Gasteiger partial charge >= 0.3 is 35.8 Å². The van der Waals surface area contributed by atoms with Gasteiger partial charge in [-0.2, -0.15) is 0 Å². The van der Waals surface area contributed by atoms with Crippen LogP contribution in [-0.4, -0.2) is 98.2 Å². The molecule has 0 unspecified atom stereocenters. The predicted octanol–water partition coefficient (Wildman–Crippen LogP) is 13.1. The molecule has 84 heavy (non-hydrogen) atoms. The number of rotatable bonds is 26. The first kappa shape index (κ1) is 62.5. The van der Waals surface area contributed by atoms with Gasteiger partial charge in [0.25, 0.3) is 0 Å². The van der Waals surface area contributed by atoms with Gasteiger partial charge in [-0.25, -0.2) is 9.59 Å². The molecule has 3 aromatic rings. The monoisotopic (exact) mass is 1190 g/mol. The number of carbonyl (C=O) groups excluding carboxylic acids is 8. The highest BCUT2D eigenvalue weighted by molar-refractivity contribution is 8.25. The van der Waals surface area contributed by atoms with Gasteiger partial charge in [-0.1, -0.05) is 98.1 Å². The number of carbonyl (C=O) groups is 8. The normalized spacial score (nSPS) is 23.9. The molecule has 6 aliphatic rings. The predicted molar refractivity (Wildman–Crippen MR) is 315 cm³/mol. The van der Waals surface area contributed by atoms with Gasteiger partial charge in [0.2, 0.25) is 0 Å². The van der Waals surface area contributed by atoms with Crippen LogP contribution in [0.4, 0.5) is 0 Å². The zero-order chi connectivity index (χ0) is 59.0. The Morgan fingerprint density at radius 1 is 0.429 bits per heavy atom. The number of esters is 6. The standard InChI is InChI=1S/C66H78O16S2/c1-3-53(67)77-39-15-7-5-13-37-75-45-29-33-47(34-30-45)79-62(71)41-21-25-43(26-22-41)64(73)81-58-51-19-11-12-20-52(51)59(61-60(58)83-66(84-61)55-56(69)49-17-9-10-18-50(49)57(55)70)82-65(74)44-27-23-42(24-28-44)63(72)80-48-35-31-46(32-36-48)76-38-14-6-8-16-40-78-54(68)4-2/h3-4,9-12,17-20,41-48H,1-2,5-8,13-16,21-40H2. The van der Waals surface area contributed by atoms with Gasteiger partial charge in [-0.05, 0) is 141 Å². The van der Waals surface area contributed by atoms with Crippen LogP contribution in [0.5, 0.6) is 11.5 Å². The summed E-state index contributed by atoms with van der Waals surface area (Å²) in [4.78, 5) is 107. The fraction of sp³-hybridized carbons (Fsp3) is 0.545. The Hall–Kier alpha value is -6.08. The van der Waals surface area contributed by atoms with Gasteiger partial charge in [-0.15, -0.1) is 0 Å². The summed E-state index contributed by atoms with van der Waals surface area (Å²) in [5.74, 6) is -4.20. The maximum atomic E-state index is 14.3. The lowest BCUT2D eigenvalue weighted by molar-refractivity contribution is -0.160. The molecule has 0 aromatic heterocycles. The third-order valence-corrected chi connectivity index (χ3v) is 19.7. The fourth-order valence-corrected chi connectivity index (χ4v) is 14.9. The van der Waals surface area contributed by atoms with E-state index < -0.39 is 47.3 Å². The van der Waals surface area contributed by atoms with Crippen molar-refractivity contribution in [1.82, 2.24) is 0 Å². The van der Waals surface area contributed by atoms with Crippen molar-refractivity contribution >= 4 is 81.7 Å². The van der Waals surface area contributed by atoms with E-state index in [1.165, 1.54) is 12.2 Å². The number of allylic oxidation sites excluding steroid dienone is 1. The summed E-state index contributed by atoms with van der Waals surface area (Å²) in [5, 5.41) is 1.03. The van der Waals surface area contributed by atoms with Gasteiger partial charge in [0.1, 0.15) is 12.2 Å². The van der Waals surface area contributed by atoms with Gasteiger partial charge < -0.3 is 37.9 Å². The molecule has 1 heterocycles. The molecule has 450 valence electrons. The molecule has 0 bridgehead atoms. The summed E-state index contributed by atoms with van der Waals surface area (Å²) in [6, 6.07) is 13.9. The van der Waals surface area contributed by atoms with Gasteiger partial charge in [-0.3, -0.25) is 28.8 Å². The minimum Gasteiger partial charge on any atom is -0.463 e. The molecule has 0 amide bonds. The van der Waals surface area contributed by atoms with E-state index in [1.54, 1.807) is 48.5 Å². The van der Waals surface area contributed by atoms with Crippen LogP contribution in [0.1, 0.15) is 175 Å². The quantitative estimate of drug-likeness (QED) is 0.0183. The number of hydrogen-bond donors (Lipinski definition) is 0. The number of unbranched alkanes of at least 4 members (excludes halogenated alkanes) is 6. The highest BCUT2D eigenvalue weighted by Crippen LogP contribution is 2.62. The number of fused-ring (bicyclic) bond motifs is 3. The molecular formula is C66H78O16S2. The average Bonchev–Trinajstić information content (AvgIpc) is 3.25. The zero-order valence-electron chi connectivity index (χ0n) is 48.0. The van der Waals surface area contributed by atoms with Crippen molar-refractivity contribution in [2.45, 2.75) is 188 Å². The summed E-state index contributed by atoms with van der Waals surface area (Å²) in [6.45, 7) is 8.92. The summed E-state index contributed by atoms with van der Waals surface area (Å²) < 4.78 is 47.6. The summed E-state index contributed by atoms with van der Waals surface area (Å²) in [5.41, 5.74) is 0.628. The van der Waals surface area contributed by atoms with Gasteiger partial charge in [0, 0.05) is 47.3 Å². The van der Waals surface area contributed by atoms with E-state index in [9.17, 15) is 38.4 Å². The number of thioether (sulfide) groups is 2. The second kappa shape index (κ2) is 30.8. The second-order valence-electron chi connectivity index (χ2n) is 22.9. The number of benzene rings is 3. The number of ketones is 2. The first-order chi connectivity index (χ1) is 40.9. The van der Waals surface area contributed by atoms with E-state index >= 15 is 0 Å². The summed E-state index contributed by atoms with van der Waals surface area (Å²) >= 11 is 2.30. The molecule has 5 aliphatic carbocycles. The molecule has 1 aliphatic heterocycles. The SMILES string of the molecule is C=CC(=O)OCCCCCCOC1CCC(OC(=O)C2CCC(C(=O)Oc3c4c(c(OC(=O)C5CCC(C(=O)OC6CCC(OCCCCCCOC(=O)C=C)CC6)CC5)c5ccccc35)SC(=C3C(=O)c5ccccc5C3=O)S4)CC2)CC1. The Balaban J connectivity index is 0.775. The molecule has 4 fully saturated rings. The molecule has 0 atom stereocenters. The van der Waals surface area contributed by atoms with Crippen LogP contribution in [-0.2, 0) is 57.2 Å². The lowest BCUT2D eigenvalue weighted by atomic mass is 9.82. The van der Waals surface area contributed by atoms with Crippen molar-refractivity contribution in [2.75, 3.05) is 26.4 Å². The lowest BCUT2D eigenvalue weighted by Gasteiger charge is -2.31. The van der Waals surface area contributed by atoms with E-state index in [0.29, 0.717) is 114 Å². The molecule has 0 N–H and O–H groups in total. The minimum atomic E-state index is -0.503. The Bertz CT molecular complexity index is 2740. The molecule has 3 aromatic carbocycles. The van der Waals surface area contributed by atoms with Crippen LogP contribution in [0.25, 0.3) is 10.8 Å². The van der Waals surface area contributed by atoms with Gasteiger partial charge in [0.15, 0.2) is 23.1 Å². The lowest BCUT2D eigenvalue weighted by Crippen LogP contribution is -2.33. The molecule has 4 saturated carbocycles. The van der Waals surface area contributed by atoms with E-state index in [2.05, 4.69) is 13.2 Å². The molecule has 18 heteroatoms. The smallest absolute Gasteiger partial charge is 0.330 e. The first-order valence-corrected chi connectivity index (χ1v) is 32.0. The van der Waals surface area contributed by atoms with Crippen LogP contribution in [0.2, 0.25) is 0 Å². The molecule has 0 saturated heterocycles. The largest absolute Gasteiger partial charge is 0.463 e. The van der Waals surface area contributed by atoms with Crippen LogP contribution in [0, 0.1) is 23.7 Å². The molecule has 16 nitrogen and oxygen atoms in total. The van der Waals surface area contributed by atoms with Crippen molar-refractivity contribution in [3.8, 4) is 11.5 Å². The number of hydrogen-bond acceptors (Lipinski definition) is 18. The van der Waals surface area contributed by atoms with Gasteiger partial charge in [0.05, 0.1) is 68.7 Å². The van der Waals surface area contributed by atoms with Crippen molar-refractivity contribution < 1.29 is 76.3 Å². The fourth-order valence-electron chi connectivity index (χ4n) is 12.2. The third kappa shape index (κ3) is 16.3. The van der Waals surface area contributed by atoms with Crippen molar-refractivity contribution in [3.63, 3.8) is 0 Å². The maximum absolute atomic E-state index is 14.3. The van der Waals surface area contributed by atoms with Crippen molar-refractivity contribution in [2.24, 2.45) is 23.7 Å². The highest BCUT2D eigenvalue weighted by Gasteiger charge is 2.42. The van der Waals surface area contributed by atoms with E-state index in [0.717, 1.165) is 126 Å². The minimum absolute atomic E-state index is 0.00914. The molecular weight excluding hydrogens is 1110 g/mol. The van der Waals surface area contributed by atoms with E-state index in [4.69, 9.17) is 37.9 Å². The maximum Gasteiger partial charge on any atom is 0.330 e. The van der Waals surface area contributed by atoms with Crippen LogP contribution in [0.15, 0.2) is 93.4 Å². The van der Waals surface area contributed by atoms with E-state index in [1.807, 2.05) is 0 Å². The second-order valence-corrected chi connectivity index (χ2v) is 25.2. The van der Waals surface area contributed by atoms with Crippen molar-refractivity contribution in [3.05, 3.63) is 94.8 Å². The Morgan fingerprint density at radius 2 is 0.762 bits per heavy atom. The third-order valence-electron chi connectivity index (χ3n) is 17.1. The van der Waals surface area contributed by atoms with Crippen molar-refractivity contribution in [1.29, 1.82) is 0 Å². The van der Waals surface area contributed by atoms with Crippen LogP contribution < -0.4 is 9.47 Å².